The van der Waals surface area contributed by atoms with Crippen LogP contribution in [0.25, 0.3) is 0 Å². The zero-order chi connectivity index (χ0) is 14.5. The van der Waals surface area contributed by atoms with Crippen LogP contribution in [-0.4, -0.2) is 48.9 Å². The largest absolute Gasteiger partial charge is 0.343 e. The van der Waals surface area contributed by atoms with Crippen molar-refractivity contribution in [1.29, 1.82) is 0 Å². The van der Waals surface area contributed by atoms with Gasteiger partial charge in [0, 0.05) is 24.5 Å². The number of hydrogen-bond donors (Lipinski definition) is 0. The van der Waals surface area contributed by atoms with Crippen molar-refractivity contribution in [2.45, 2.75) is 31.7 Å². The number of aryl methyl sites for hydroxylation is 1. The van der Waals surface area contributed by atoms with Crippen LogP contribution in [0.3, 0.4) is 0 Å². The molecule has 0 N–H and O–H groups in total. The summed E-state index contributed by atoms with van der Waals surface area (Å²) in [5.41, 5.74) is 1.05. The quantitative estimate of drug-likeness (QED) is 0.852. The van der Waals surface area contributed by atoms with Crippen LogP contribution in [0, 0.1) is 0 Å². The molecular formula is C16H23ClN2O. The topological polar surface area (TPSA) is 23.6 Å². The van der Waals surface area contributed by atoms with Gasteiger partial charge >= 0.3 is 0 Å². The maximum atomic E-state index is 12.3. The Morgan fingerprint density at radius 3 is 2.65 bits per heavy atom. The summed E-state index contributed by atoms with van der Waals surface area (Å²) in [6.07, 6.45) is 3.40. The highest BCUT2D eigenvalue weighted by molar-refractivity contribution is 6.31. The molecule has 0 unspecified atom stereocenters. The molecule has 1 aliphatic rings. The van der Waals surface area contributed by atoms with E-state index in [4.69, 9.17) is 11.6 Å². The number of amides is 1. The molecule has 1 fully saturated rings. The zero-order valence-corrected chi connectivity index (χ0v) is 13.1. The van der Waals surface area contributed by atoms with E-state index in [1.807, 2.05) is 36.2 Å². The molecule has 1 aromatic carbocycles. The van der Waals surface area contributed by atoms with Gasteiger partial charge in [0.25, 0.3) is 0 Å². The molecule has 0 aromatic heterocycles. The van der Waals surface area contributed by atoms with E-state index in [0.717, 1.165) is 42.9 Å². The number of rotatable bonds is 4. The SMILES string of the molecule is CN1CCC(N(C)C(=O)CCc2ccccc2Cl)CC1. The predicted molar refractivity (Wildman–Crippen MR) is 83.1 cm³/mol. The number of hydrogen-bond acceptors (Lipinski definition) is 2. The third-order valence-electron chi connectivity index (χ3n) is 4.20. The van der Waals surface area contributed by atoms with Gasteiger partial charge in [-0.05, 0) is 51.0 Å². The van der Waals surface area contributed by atoms with Crippen molar-refractivity contribution < 1.29 is 4.79 Å². The van der Waals surface area contributed by atoms with Gasteiger partial charge in [0.15, 0.2) is 0 Å². The minimum absolute atomic E-state index is 0.222. The van der Waals surface area contributed by atoms with Gasteiger partial charge in [0.1, 0.15) is 0 Å². The minimum Gasteiger partial charge on any atom is -0.343 e. The van der Waals surface area contributed by atoms with Crippen LogP contribution in [0.1, 0.15) is 24.8 Å². The molecule has 4 heteroatoms. The van der Waals surface area contributed by atoms with E-state index in [-0.39, 0.29) is 5.91 Å². The monoisotopic (exact) mass is 294 g/mol. The summed E-state index contributed by atoms with van der Waals surface area (Å²) in [4.78, 5) is 16.5. The van der Waals surface area contributed by atoms with E-state index in [0.29, 0.717) is 12.5 Å². The lowest BCUT2D eigenvalue weighted by molar-refractivity contribution is -0.132. The van der Waals surface area contributed by atoms with Crippen molar-refractivity contribution in [2.75, 3.05) is 27.2 Å². The van der Waals surface area contributed by atoms with Crippen LogP contribution in [0.2, 0.25) is 5.02 Å². The summed E-state index contributed by atoms with van der Waals surface area (Å²) in [7, 11) is 4.07. The molecule has 110 valence electrons. The smallest absolute Gasteiger partial charge is 0.222 e. The lowest BCUT2D eigenvalue weighted by atomic mass is 10.0. The molecule has 20 heavy (non-hydrogen) atoms. The van der Waals surface area contributed by atoms with Gasteiger partial charge in [0.2, 0.25) is 5.91 Å². The fourth-order valence-corrected chi connectivity index (χ4v) is 2.94. The summed E-state index contributed by atoms with van der Waals surface area (Å²) in [6, 6.07) is 8.14. The molecule has 0 atom stereocenters. The van der Waals surface area contributed by atoms with Crippen LogP contribution < -0.4 is 0 Å². The number of carbonyl (C=O) groups excluding carboxylic acids is 1. The van der Waals surface area contributed by atoms with Gasteiger partial charge in [-0.2, -0.15) is 0 Å². The van der Waals surface area contributed by atoms with Crippen LogP contribution in [0.5, 0.6) is 0 Å². The fraction of sp³-hybridized carbons (Fsp3) is 0.562. The van der Waals surface area contributed by atoms with E-state index in [1.54, 1.807) is 0 Å². The van der Waals surface area contributed by atoms with Gasteiger partial charge < -0.3 is 9.80 Å². The molecule has 2 rings (SSSR count). The number of piperidine rings is 1. The van der Waals surface area contributed by atoms with Crippen molar-refractivity contribution in [2.24, 2.45) is 0 Å². The fourth-order valence-electron chi connectivity index (χ4n) is 2.70. The maximum absolute atomic E-state index is 12.3. The summed E-state index contributed by atoms with van der Waals surface area (Å²) in [6.45, 7) is 2.15. The summed E-state index contributed by atoms with van der Waals surface area (Å²) >= 11 is 6.12. The summed E-state index contributed by atoms with van der Waals surface area (Å²) in [5, 5.41) is 0.752. The molecule has 0 radical (unpaired) electrons. The lowest BCUT2D eigenvalue weighted by Gasteiger charge is -2.35. The summed E-state index contributed by atoms with van der Waals surface area (Å²) < 4.78 is 0. The molecule has 1 saturated heterocycles. The first-order valence-electron chi connectivity index (χ1n) is 7.25. The van der Waals surface area contributed by atoms with Gasteiger partial charge in [0.05, 0.1) is 0 Å². The lowest BCUT2D eigenvalue weighted by Crippen LogP contribution is -2.44. The van der Waals surface area contributed by atoms with Crippen molar-refractivity contribution in [3.8, 4) is 0 Å². The molecule has 0 spiro atoms. The van der Waals surface area contributed by atoms with Crippen molar-refractivity contribution >= 4 is 17.5 Å². The molecule has 1 aliphatic heterocycles. The van der Waals surface area contributed by atoms with Gasteiger partial charge in [-0.25, -0.2) is 0 Å². The van der Waals surface area contributed by atoms with Crippen LogP contribution in [-0.2, 0) is 11.2 Å². The molecule has 0 aliphatic carbocycles. The van der Waals surface area contributed by atoms with E-state index in [9.17, 15) is 4.79 Å². The first-order valence-corrected chi connectivity index (χ1v) is 7.63. The first-order chi connectivity index (χ1) is 9.58. The van der Waals surface area contributed by atoms with E-state index >= 15 is 0 Å². The van der Waals surface area contributed by atoms with Gasteiger partial charge in [-0.1, -0.05) is 29.8 Å². The second-order valence-electron chi connectivity index (χ2n) is 5.63. The predicted octanol–water partition coefficient (Wildman–Crippen LogP) is 2.83. The van der Waals surface area contributed by atoms with E-state index < -0.39 is 0 Å². The third kappa shape index (κ3) is 3.97. The Morgan fingerprint density at radius 1 is 1.35 bits per heavy atom. The highest BCUT2D eigenvalue weighted by atomic mass is 35.5. The Morgan fingerprint density at radius 2 is 2.00 bits per heavy atom. The molecule has 1 heterocycles. The van der Waals surface area contributed by atoms with Crippen LogP contribution >= 0.6 is 11.6 Å². The third-order valence-corrected chi connectivity index (χ3v) is 4.56. The molecule has 1 amide bonds. The van der Waals surface area contributed by atoms with E-state index in [1.165, 1.54) is 0 Å². The molecule has 1 aromatic rings. The molecular weight excluding hydrogens is 272 g/mol. The number of likely N-dealkylation sites (tertiary alicyclic amines) is 1. The number of nitrogens with zero attached hydrogens (tertiary/aromatic N) is 2. The minimum atomic E-state index is 0.222. The average Bonchev–Trinajstić information content (AvgIpc) is 2.46. The van der Waals surface area contributed by atoms with Crippen molar-refractivity contribution in [3.63, 3.8) is 0 Å². The molecule has 0 saturated carbocycles. The molecule has 0 bridgehead atoms. The standard InChI is InChI=1S/C16H23ClN2O/c1-18-11-9-14(10-12-18)19(2)16(20)8-7-13-5-3-4-6-15(13)17/h3-6,14H,7-12H2,1-2H3. The van der Waals surface area contributed by atoms with Crippen molar-refractivity contribution in [1.82, 2.24) is 9.80 Å². The Kier molecular flexibility index (Phi) is 5.44. The number of benzene rings is 1. The summed E-state index contributed by atoms with van der Waals surface area (Å²) in [5.74, 6) is 0.222. The molecule has 3 nitrogen and oxygen atoms in total. The highest BCUT2D eigenvalue weighted by Gasteiger charge is 2.23. The van der Waals surface area contributed by atoms with Crippen LogP contribution in [0.4, 0.5) is 0 Å². The van der Waals surface area contributed by atoms with Gasteiger partial charge in [-0.3, -0.25) is 4.79 Å². The highest BCUT2D eigenvalue weighted by Crippen LogP contribution is 2.19. The number of carbonyl (C=O) groups is 1. The van der Waals surface area contributed by atoms with E-state index in [2.05, 4.69) is 11.9 Å². The maximum Gasteiger partial charge on any atom is 0.222 e. The Balaban J connectivity index is 1.84. The zero-order valence-electron chi connectivity index (χ0n) is 12.3. The van der Waals surface area contributed by atoms with Crippen molar-refractivity contribution in [3.05, 3.63) is 34.9 Å². The van der Waals surface area contributed by atoms with Gasteiger partial charge in [-0.15, -0.1) is 0 Å². The van der Waals surface area contributed by atoms with Crippen LogP contribution in [0.15, 0.2) is 24.3 Å². The number of halogens is 1. The Labute approximate surface area is 126 Å². The Hall–Kier alpha value is -1.06. The first kappa shape index (κ1) is 15.3. The second kappa shape index (κ2) is 7.09. The second-order valence-corrected chi connectivity index (χ2v) is 6.04. The Bertz CT molecular complexity index is 456. The average molecular weight is 295 g/mol. The normalized spacial score (nSPS) is 17.1.